The highest BCUT2D eigenvalue weighted by Gasteiger charge is 2.32. The highest BCUT2D eigenvalue weighted by atomic mass is 19.4. The molecule has 0 fully saturated rings. The van der Waals surface area contributed by atoms with Gasteiger partial charge in [0, 0.05) is 29.6 Å². The maximum Gasteiger partial charge on any atom is 0.433 e. The highest BCUT2D eigenvalue weighted by molar-refractivity contribution is 5.76. The van der Waals surface area contributed by atoms with Gasteiger partial charge in [-0.25, -0.2) is 4.98 Å². The number of allylic oxidation sites excluding steroid dienone is 6. The molecule has 1 aliphatic carbocycles. The van der Waals surface area contributed by atoms with E-state index < -0.39 is 11.9 Å². The first kappa shape index (κ1) is 21.1. The van der Waals surface area contributed by atoms with Crippen molar-refractivity contribution in [2.75, 3.05) is 11.1 Å². The number of halogens is 3. The first-order valence-electron chi connectivity index (χ1n) is 9.63. The van der Waals surface area contributed by atoms with Crippen molar-refractivity contribution >= 4 is 23.0 Å². The molecule has 0 radical (unpaired) electrons. The molecule has 0 aliphatic heterocycles. The van der Waals surface area contributed by atoms with Gasteiger partial charge in [-0.2, -0.15) is 18.2 Å². The monoisotopic (exact) mass is 437 g/mol. The normalized spacial score (nSPS) is 13.4. The van der Waals surface area contributed by atoms with Crippen molar-refractivity contribution in [3.05, 3.63) is 90.4 Å². The van der Waals surface area contributed by atoms with Crippen LogP contribution in [0.5, 0.6) is 11.5 Å². The standard InChI is InChI=1S/C23H18F3N5O/c24-23(25,26)20-13-18(11-12-28-20)32-17-9-7-16(8-10-17)29-21-14-19(30-22(27)31-21)15-5-3-1-2-4-6-15/h1,3-14H,2H2,(H3,27,29,30,31). The molecule has 9 heteroatoms. The molecule has 6 nitrogen and oxygen atoms in total. The van der Waals surface area contributed by atoms with Crippen molar-refractivity contribution in [1.82, 2.24) is 15.0 Å². The fraction of sp³-hybridized carbons (Fsp3) is 0.0870. The number of nitrogens with one attached hydrogen (secondary N) is 1. The lowest BCUT2D eigenvalue weighted by Gasteiger charge is -2.11. The minimum Gasteiger partial charge on any atom is -0.457 e. The van der Waals surface area contributed by atoms with Gasteiger partial charge in [0.05, 0.1) is 5.69 Å². The number of alkyl halides is 3. The predicted molar refractivity (Wildman–Crippen MR) is 116 cm³/mol. The Labute approximate surface area is 182 Å². The molecule has 1 aliphatic rings. The second-order valence-electron chi connectivity index (χ2n) is 6.81. The SMILES string of the molecule is Nc1nc(Nc2ccc(Oc3ccnc(C(F)(F)F)c3)cc2)cc(C2=CC=CCC=C2)n1. The van der Waals surface area contributed by atoms with E-state index in [1.807, 2.05) is 30.4 Å². The van der Waals surface area contributed by atoms with Gasteiger partial charge in [-0.3, -0.25) is 4.98 Å². The Morgan fingerprint density at radius 2 is 1.78 bits per heavy atom. The van der Waals surface area contributed by atoms with Crippen LogP contribution in [0, 0.1) is 0 Å². The second kappa shape index (κ2) is 8.93. The van der Waals surface area contributed by atoms with E-state index in [2.05, 4.69) is 20.3 Å². The Morgan fingerprint density at radius 3 is 2.56 bits per heavy atom. The average Bonchev–Trinajstić information content (AvgIpc) is 3.04. The van der Waals surface area contributed by atoms with Gasteiger partial charge in [-0.15, -0.1) is 0 Å². The van der Waals surface area contributed by atoms with Crippen LogP contribution in [0.25, 0.3) is 5.57 Å². The lowest BCUT2D eigenvalue weighted by Crippen LogP contribution is -2.07. The molecule has 2 heterocycles. The van der Waals surface area contributed by atoms with Crippen molar-refractivity contribution < 1.29 is 17.9 Å². The molecule has 2 aromatic heterocycles. The van der Waals surface area contributed by atoms with E-state index in [9.17, 15) is 13.2 Å². The summed E-state index contributed by atoms with van der Waals surface area (Å²) < 4.78 is 43.9. The summed E-state index contributed by atoms with van der Waals surface area (Å²) in [6, 6.07) is 10.7. The van der Waals surface area contributed by atoms with Gasteiger partial charge in [-0.05, 0) is 36.8 Å². The molecular formula is C23H18F3N5O. The molecule has 0 amide bonds. The number of pyridine rings is 1. The zero-order chi connectivity index (χ0) is 22.6. The van der Waals surface area contributed by atoms with Crippen molar-refractivity contribution in [2.24, 2.45) is 0 Å². The Kier molecular flexibility index (Phi) is 5.89. The van der Waals surface area contributed by atoms with Crippen molar-refractivity contribution in [2.45, 2.75) is 12.6 Å². The number of anilines is 3. The molecule has 0 spiro atoms. The first-order valence-corrected chi connectivity index (χ1v) is 9.63. The smallest absolute Gasteiger partial charge is 0.433 e. The van der Waals surface area contributed by atoms with Crippen molar-refractivity contribution in [1.29, 1.82) is 0 Å². The van der Waals surface area contributed by atoms with E-state index in [-0.39, 0.29) is 11.7 Å². The predicted octanol–water partition coefficient (Wildman–Crippen LogP) is 5.91. The van der Waals surface area contributed by atoms with E-state index >= 15 is 0 Å². The average molecular weight is 437 g/mol. The van der Waals surface area contributed by atoms with Gasteiger partial charge in [0.2, 0.25) is 5.95 Å². The van der Waals surface area contributed by atoms with Crippen LogP contribution >= 0.6 is 0 Å². The van der Waals surface area contributed by atoms with Gasteiger partial charge in [0.25, 0.3) is 0 Å². The Balaban J connectivity index is 1.49. The number of benzene rings is 1. The lowest BCUT2D eigenvalue weighted by atomic mass is 10.1. The van der Waals surface area contributed by atoms with E-state index in [4.69, 9.17) is 10.5 Å². The number of nitrogens with two attached hydrogens (primary N) is 1. The summed E-state index contributed by atoms with van der Waals surface area (Å²) >= 11 is 0. The van der Waals surface area contributed by atoms with Crippen LogP contribution in [0.2, 0.25) is 0 Å². The van der Waals surface area contributed by atoms with Gasteiger partial charge in [-0.1, -0.05) is 30.4 Å². The van der Waals surface area contributed by atoms with E-state index in [0.29, 0.717) is 22.9 Å². The zero-order valence-electron chi connectivity index (χ0n) is 16.7. The Morgan fingerprint density at radius 1 is 0.969 bits per heavy atom. The molecule has 4 rings (SSSR count). The quantitative estimate of drug-likeness (QED) is 0.516. The summed E-state index contributed by atoms with van der Waals surface area (Å²) in [5.74, 6) is 1.05. The number of ether oxygens (including phenoxy) is 1. The zero-order valence-corrected chi connectivity index (χ0v) is 16.7. The molecule has 162 valence electrons. The number of hydrogen-bond acceptors (Lipinski definition) is 6. The second-order valence-corrected chi connectivity index (χ2v) is 6.81. The summed E-state index contributed by atoms with van der Waals surface area (Å²) in [4.78, 5) is 11.8. The van der Waals surface area contributed by atoms with E-state index in [0.717, 1.165) is 24.3 Å². The topological polar surface area (TPSA) is 86.0 Å². The third-order valence-corrected chi connectivity index (χ3v) is 4.40. The van der Waals surface area contributed by atoms with Crippen molar-refractivity contribution in [3.63, 3.8) is 0 Å². The van der Waals surface area contributed by atoms with Crippen LogP contribution in [0.15, 0.2) is 79.0 Å². The third-order valence-electron chi connectivity index (χ3n) is 4.40. The summed E-state index contributed by atoms with van der Waals surface area (Å²) in [7, 11) is 0. The molecular weight excluding hydrogens is 419 g/mol. The van der Waals surface area contributed by atoms with Crippen molar-refractivity contribution in [3.8, 4) is 11.5 Å². The van der Waals surface area contributed by atoms with Crippen LogP contribution in [0.1, 0.15) is 17.8 Å². The van der Waals surface area contributed by atoms with E-state index in [1.165, 1.54) is 6.07 Å². The summed E-state index contributed by atoms with van der Waals surface area (Å²) in [5, 5.41) is 3.15. The maximum atomic E-state index is 12.8. The molecule has 0 bridgehead atoms. The molecule has 32 heavy (non-hydrogen) atoms. The van der Waals surface area contributed by atoms with E-state index in [1.54, 1.807) is 30.3 Å². The van der Waals surface area contributed by atoms with Crippen LogP contribution in [-0.4, -0.2) is 15.0 Å². The third kappa shape index (κ3) is 5.31. The Hall–Kier alpha value is -4.14. The number of aromatic nitrogens is 3. The fourth-order valence-electron chi connectivity index (χ4n) is 2.95. The largest absolute Gasteiger partial charge is 0.457 e. The molecule has 0 saturated heterocycles. The maximum absolute atomic E-state index is 12.8. The van der Waals surface area contributed by atoms with Gasteiger partial charge in [0.15, 0.2) is 0 Å². The number of nitrogen functional groups attached to an aromatic ring is 1. The number of rotatable bonds is 5. The summed E-state index contributed by atoms with van der Waals surface area (Å²) in [5.41, 5.74) is 7.15. The number of nitrogens with zero attached hydrogens (tertiary/aromatic N) is 3. The summed E-state index contributed by atoms with van der Waals surface area (Å²) in [6.45, 7) is 0. The number of hydrogen-bond donors (Lipinski definition) is 2. The lowest BCUT2D eigenvalue weighted by molar-refractivity contribution is -0.141. The highest BCUT2D eigenvalue weighted by Crippen LogP contribution is 2.31. The van der Waals surface area contributed by atoms with Gasteiger partial charge >= 0.3 is 6.18 Å². The van der Waals surface area contributed by atoms with Crippen LogP contribution in [-0.2, 0) is 6.18 Å². The molecule has 3 aromatic rings. The minimum absolute atomic E-state index is 0.0417. The molecule has 0 saturated carbocycles. The van der Waals surface area contributed by atoms with Crippen LogP contribution in [0.4, 0.5) is 30.6 Å². The Bertz CT molecular complexity index is 1200. The minimum atomic E-state index is -4.54. The van der Waals surface area contributed by atoms with Gasteiger partial charge < -0.3 is 15.8 Å². The molecule has 0 atom stereocenters. The van der Waals surface area contributed by atoms with Gasteiger partial charge in [0.1, 0.15) is 23.0 Å². The molecule has 0 unspecified atom stereocenters. The molecule has 1 aromatic carbocycles. The molecule has 3 N–H and O–H groups in total. The fourth-order valence-corrected chi connectivity index (χ4v) is 2.95. The first-order chi connectivity index (χ1) is 15.4. The van der Waals surface area contributed by atoms with Crippen LogP contribution in [0.3, 0.4) is 0 Å². The van der Waals surface area contributed by atoms with Crippen LogP contribution < -0.4 is 15.8 Å². The summed E-state index contributed by atoms with van der Waals surface area (Å²) in [6.07, 6.45) is 7.30.